The van der Waals surface area contributed by atoms with Crippen LogP contribution in [0.25, 0.3) is 6.08 Å². The van der Waals surface area contributed by atoms with Gasteiger partial charge in [0.25, 0.3) is 11.8 Å². The van der Waals surface area contributed by atoms with E-state index in [-0.39, 0.29) is 5.69 Å². The quantitative estimate of drug-likeness (QED) is 0.357. The van der Waals surface area contributed by atoms with Gasteiger partial charge < -0.3 is 34.2 Å². The van der Waals surface area contributed by atoms with E-state index in [0.717, 1.165) is 6.08 Å². The molecule has 0 fully saturated rings. The molecule has 3 aromatic rings. The predicted molar refractivity (Wildman–Crippen MR) is 139 cm³/mol. The van der Waals surface area contributed by atoms with Crippen molar-refractivity contribution in [1.82, 2.24) is 13.7 Å². The van der Waals surface area contributed by atoms with Crippen LogP contribution < -0.4 is 16.0 Å². The maximum absolute atomic E-state index is 12.9. The second-order valence-corrected chi connectivity index (χ2v) is 9.42. The van der Waals surface area contributed by atoms with Crippen LogP contribution in [0.5, 0.6) is 0 Å². The van der Waals surface area contributed by atoms with E-state index in [2.05, 4.69) is 16.0 Å². The second-order valence-electron chi connectivity index (χ2n) is 9.42. The highest BCUT2D eigenvalue weighted by molar-refractivity contribution is 6.07. The van der Waals surface area contributed by atoms with E-state index in [1.54, 1.807) is 80.3 Å². The molecule has 0 aliphatic heterocycles. The van der Waals surface area contributed by atoms with Crippen LogP contribution in [0.4, 0.5) is 21.9 Å². The average Bonchev–Trinajstić information content (AvgIpc) is 3.41. The summed E-state index contributed by atoms with van der Waals surface area (Å²) in [5, 5.41) is 16.9. The summed E-state index contributed by atoms with van der Waals surface area (Å²) in [5.41, 5.74) is 1.80. The number of carboxylic acid groups (broad SMARTS) is 1. The molecule has 0 spiro atoms. The predicted octanol–water partition coefficient (Wildman–Crippen LogP) is 3.65. The summed E-state index contributed by atoms with van der Waals surface area (Å²) in [6.07, 6.45) is 6.64. The van der Waals surface area contributed by atoms with E-state index in [1.807, 2.05) is 0 Å². The van der Waals surface area contributed by atoms with Crippen molar-refractivity contribution >= 4 is 47.0 Å². The maximum Gasteiger partial charge on any atom is 0.412 e. The Balaban J connectivity index is 1.68. The second kappa shape index (κ2) is 10.5. The zero-order chi connectivity index (χ0) is 27.5. The first-order valence-corrected chi connectivity index (χ1v) is 11.2. The molecule has 12 heteroatoms. The number of carbonyl (C=O) groups excluding carboxylic acids is 3. The van der Waals surface area contributed by atoms with Crippen molar-refractivity contribution in [1.29, 1.82) is 0 Å². The molecular weight excluding hydrogens is 480 g/mol. The third kappa shape index (κ3) is 7.13. The highest BCUT2D eigenvalue weighted by atomic mass is 16.6. The van der Waals surface area contributed by atoms with Gasteiger partial charge in [-0.15, -0.1) is 0 Å². The minimum absolute atomic E-state index is 0.284. The molecule has 0 unspecified atom stereocenters. The SMILES string of the molecule is Cn1cc(NC(=O)c2cc(NC(=O)c3cc(NC(=O)OC(C)(C)C)cn3C)cn2C)cc1/C=C/C(=O)O. The number of aryl methyl sites for hydroxylation is 3. The Labute approximate surface area is 213 Å². The van der Waals surface area contributed by atoms with Gasteiger partial charge in [-0.25, -0.2) is 9.59 Å². The van der Waals surface area contributed by atoms with Gasteiger partial charge in [0.15, 0.2) is 0 Å². The van der Waals surface area contributed by atoms with E-state index in [9.17, 15) is 19.2 Å². The summed E-state index contributed by atoms with van der Waals surface area (Å²) in [7, 11) is 5.06. The Hall–Kier alpha value is -4.74. The largest absolute Gasteiger partial charge is 0.478 e. The molecule has 0 atom stereocenters. The van der Waals surface area contributed by atoms with Gasteiger partial charge in [0, 0.05) is 51.5 Å². The number of hydrogen-bond donors (Lipinski definition) is 4. The van der Waals surface area contributed by atoms with Gasteiger partial charge in [-0.2, -0.15) is 0 Å². The fourth-order valence-electron chi connectivity index (χ4n) is 3.50. The number of anilines is 3. The summed E-state index contributed by atoms with van der Waals surface area (Å²) < 4.78 is 10.0. The molecule has 0 saturated heterocycles. The van der Waals surface area contributed by atoms with Gasteiger partial charge in [0.2, 0.25) is 0 Å². The summed E-state index contributed by atoms with van der Waals surface area (Å²) in [4.78, 5) is 48.4. The summed E-state index contributed by atoms with van der Waals surface area (Å²) in [5.74, 6) is -1.92. The number of nitrogens with one attached hydrogen (secondary N) is 3. The zero-order valence-electron chi connectivity index (χ0n) is 21.4. The molecule has 4 N–H and O–H groups in total. The number of aromatic nitrogens is 3. The number of amides is 3. The zero-order valence-corrected chi connectivity index (χ0v) is 21.4. The van der Waals surface area contributed by atoms with Crippen LogP contribution in [0.3, 0.4) is 0 Å². The molecule has 0 saturated carbocycles. The fraction of sp³-hybridized carbons (Fsp3) is 0.280. The average molecular weight is 511 g/mol. The van der Waals surface area contributed by atoms with E-state index >= 15 is 0 Å². The van der Waals surface area contributed by atoms with Gasteiger partial charge in [-0.3, -0.25) is 14.9 Å². The molecule has 0 bridgehead atoms. The highest BCUT2D eigenvalue weighted by Crippen LogP contribution is 2.20. The van der Waals surface area contributed by atoms with Crippen LogP contribution >= 0.6 is 0 Å². The molecule has 3 aromatic heterocycles. The Morgan fingerprint density at radius 3 is 1.73 bits per heavy atom. The van der Waals surface area contributed by atoms with Crippen molar-refractivity contribution in [3.8, 4) is 0 Å². The van der Waals surface area contributed by atoms with Crippen molar-refractivity contribution in [2.24, 2.45) is 21.1 Å². The first kappa shape index (κ1) is 26.9. The van der Waals surface area contributed by atoms with Crippen LogP contribution in [0.15, 0.2) is 42.9 Å². The molecule has 196 valence electrons. The number of aliphatic carboxylic acids is 1. The maximum atomic E-state index is 12.9. The highest BCUT2D eigenvalue weighted by Gasteiger charge is 2.20. The van der Waals surface area contributed by atoms with Crippen LogP contribution in [0, 0.1) is 0 Å². The van der Waals surface area contributed by atoms with Crippen LogP contribution in [-0.2, 0) is 30.7 Å². The fourth-order valence-corrected chi connectivity index (χ4v) is 3.50. The van der Waals surface area contributed by atoms with Crippen molar-refractivity contribution in [3.63, 3.8) is 0 Å². The standard InChI is InChI=1S/C25H30N6O6/c1-25(2,3)37-24(36)28-17-11-20(31(6)14-17)23(35)27-16-10-19(30(5)13-16)22(34)26-15-9-18(29(4)12-15)7-8-21(32)33/h7-14H,1-6H3,(H,26,34)(H,27,35)(H,28,36)(H,32,33)/b8-7+. The molecule has 0 radical (unpaired) electrons. The van der Waals surface area contributed by atoms with Crippen molar-refractivity contribution in [2.75, 3.05) is 16.0 Å². The lowest BCUT2D eigenvalue weighted by Gasteiger charge is -2.19. The summed E-state index contributed by atoms with van der Waals surface area (Å²) >= 11 is 0. The van der Waals surface area contributed by atoms with Crippen molar-refractivity contribution in [2.45, 2.75) is 26.4 Å². The van der Waals surface area contributed by atoms with E-state index in [4.69, 9.17) is 9.84 Å². The van der Waals surface area contributed by atoms with Gasteiger partial charge in [0.1, 0.15) is 17.0 Å². The molecule has 0 aliphatic carbocycles. The number of carbonyl (C=O) groups is 4. The number of nitrogens with zero attached hydrogens (tertiary/aromatic N) is 3. The lowest BCUT2D eigenvalue weighted by Crippen LogP contribution is -2.27. The molecule has 0 aliphatic rings. The third-order valence-electron chi connectivity index (χ3n) is 5.08. The monoisotopic (exact) mass is 510 g/mol. The number of ether oxygens (including phenoxy) is 1. The van der Waals surface area contributed by atoms with Crippen LogP contribution in [-0.4, -0.2) is 48.3 Å². The van der Waals surface area contributed by atoms with Gasteiger partial charge in [-0.1, -0.05) is 0 Å². The normalized spacial score (nSPS) is 11.4. The van der Waals surface area contributed by atoms with E-state index < -0.39 is 29.5 Å². The first-order valence-electron chi connectivity index (χ1n) is 11.2. The van der Waals surface area contributed by atoms with Gasteiger partial charge in [0.05, 0.1) is 17.1 Å². The van der Waals surface area contributed by atoms with Gasteiger partial charge in [-0.05, 0) is 45.0 Å². The smallest absolute Gasteiger partial charge is 0.412 e. The third-order valence-corrected chi connectivity index (χ3v) is 5.08. The summed E-state index contributed by atoms with van der Waals surface area (Å²) in [6, 6.07) is 4.69. The molecule has 3 amide bonds. The molecule has 3 rings (SSSR count). The van der Waals surface area contributed by atoms with E-state index in [1.165, 1.54) is 18.2 Å². The minimum atomic E-state index is -1.07. The van der Waals surface area contributed by atoms with Gasteiger partial charge >= 0.3 is 12.1 Å². The Bertz CT molecular complexity index is 1380. The molecule has 12 nitrogen and oxygen atoms in total. The lowest BCUT2D eigenvalue weighted by molar-refractivity contribution is -0.131. The molecule has 37 heavy (non-hydrogen) atoms. The molecule has 3 heterocycles. The topological polar surface area (TPSA) is 149 Å². The number of hydrogen-bond acceptors (Lipinski definition) is 5. The minimum Gasteiger partial charge on any atom is -0.478 e. The number of carboxylic acids is 1. The van der Waals surface area contributed by atoms with Crippen LogP contribution in [0.1, 0.15) is 47.4 Å². The summed E-state index contributed by atoms with van der Waals surface area (Å²) in [6.45, 7) is 5.26. The Morgan fingerprint density at radius 2 is 1.24 bits per heavy atom. The molecule has 0 aromatic carbocycles. The van der Waals surface area contributed by atoms with Crippen molar-refractivity contribution < 1.29 is 29.0 Å². The first-order chi connectivity index (χ1) is 17.2. The molecular formula is C25H30N6O6. The Kier molecular flexibility index (Phi) is 7.61. The number of rotatable bonds is 7. The van der Waals surface area contributed by atoms with Crippen LogP contribution in [0.2, 0.25) is 0 Å². The lowest BCUT2D eigenvalue weighted by atomic mass is 10.2. The van der Waals surface area contributed by atoms with Crippen molar-refractivity contribution in [3.05, 3.63) is 59.9 Å². The Morgan fingerprint density at radius 1 is 0.784 bits per heavy atom. The van der Waals surface area contributed by atoms with E-state index in [0.29, 0.717) is 28.5 Å².